The number of hydrogen-bond donors (Lipinski definition) is 1. The fourth-order valence-corrected chi connectivity index (χ4v) is 3.64. The molecule has 0 heterocycles. The minimum absolute atomic E-state index is 0.148. The topological polar surface area (TPSA) is 63.2 Å². The van der Waals surface area contributed by atoms with Crippen LogP contribution >= 0.6 is 11.6 Å². The van der Waals surface area contributed by atoms with E-state index in [0.29, 0.717) is 6.07 Å². The van der Waals surface area contributed by atoms with Gasteiger partial charge in [-0.2, -0.15) is 13.2 Å². The molecular formula is C17H15ClF3NO3S. The fraction of sp³-hybridized carbons (Fsp3) is 0.235. The molecule has 0 spiro atoms. The van der Waals surface area contributed by atoms with Gasteiger partial charge in [-0.3, -0.25) is 4.79 Å². The van der Waals surface area contributed by atoms with Crippen LogP contribution in [0.3, 0.4) is 0 Å². The number of amides is 1. The van der Waals surface area contributed by atoms with Gasteiger partial charge in [-0.1, -0.05) is 23.7 Å². The van der Waals surface area contributed by atoms with Crippen molar-refractivity contribution in [1.29, 1.82) is 0 Å². The second-order valence-electron chi connectivity index (χ2n) is 5.74. The molecule has 0 unspecified atom stereocenters. The highest BCUT2D eigenvalue weighted by molar-refractivity contribution is 7.92. The first-order chi connectivity index (χ1) is 11.9. The Morgan fingerprint density at radius 3 is 2.31 bits per heavy atom. The predicted molar refractivity (Wildman–Crippen MR) is 93.2 cm³/mol. The molecule has 0 aliphatic heterocycles. The Balaban J connectivity index is 2.42. The molecule has 1 amide bonds. The Bertz CT molecular complexity index is 941. The van der Waals surface area contributed by atoms with Crippen molar-refractivity contribution in [1.82, 2.24) is 0 Å². The third-order valence-electron chi connectivity index (χ3n) is 3.59. The Hall–Kier alpha value is -2.06. The van der Waals surface area contributed by atoms with Gasteiger partial charge in [0.05, 0.1) is 26.3 Å². The Kier molecular flexibility index (Phi) is 5.67. The summed E-state index contributed by atoms with van der Waals surface area (Å²) in [6.45, 7) is 2.94. The summed E-state index contributed by atoms with van der Waals surface area (Å²) < 4.78 is 63.6. The molecule has 1 N–H and O–H groups in total. The number of rotatable bonds is 4. The SMILES string of the molecule is CC(C)S(=O)(=O)c1ccccc1C(=O)Nc1ccc(Cl)c(C(F)(F)F)c1. The maximum Gasteiger partial charge on any atom is 0.417 e. The standard InChI is InChI=1S/C17H15ClF3NO3S/c1-10(2)26(24,25)15-6-4-3-5-12(15)16(23)22-11-7-8-14(18)13(9-11)17(19,20)21/h3-10H,1-2H3,(H,22,23). The van der Waals surface area contributed by atoms with Crippen LogP contribution in [0, 0.1) is 0 Å². The molecule has 0 bridgehead atoms. The first-order valence-electron chi connectivity index (χ1n) is 7.45. The molecule has 0 aromatic heterocycles. The van der Waals surface area contributed by atoms with E-state index in [1.54, 1.807) is 0 Å². The molecule has 0 aliphatic rings. The molecule has 2 aromatic rings. The van der Waals surface area contributed by atoms with Crippen LogP contribution < -0.4 is 5.32 Å². The molecule has 140 valence electrons. The summed E-state index contributed by atoms with van der Waals surface area (Å²) in [5.74, 6) is -0.833. The molecule has 0 aliphatic carbocycles. The average molecular weight is 406 g/mol. The molecule has 2 aromatic carbocycles. The smallest absolute Gasteiger partial charge is 0.322 e. The Labute approximate surface area is 153 Å². The Morgan fingerprint density at radius 1 is 1.12 bits per heavy atom. The lowest BCUT2D eigenvalue weighted by Gasteiger charge is -2.14. The maximum atomic E-state index is 12.9. The van der Waals surface area contributed by atoms with Gasteiger partial charge >= 0.3 is 6.18 Å². The fourth-order valence-electron chi connectivity index (χ4n) is 2.17. The zero-order valence-corrected chi connectivity index (χ0v) is 15.3. The van der Waals surface area contributed by atoms with Crippen molar-refractivity contribution in [2.75, 3.05) is 5.32 Å². The van der Waals surface area contributed by atoms with Crippen LogP contribution in [-0.2, 0) is 16.0 Å². The molecule has 0 radical (unpaired) electrons. The molecule has 0 saturated heterocycles. The molecule has 0 saturated carbocycles. The van der Waals surface area contributed by atoms with Crippen molar-refractivity contribution in [3.8, 4) is 0 Å². The lowest BCUT2D eigenvalue weighted by atomic mass is 10.1. The Morgan fingerprint density at radius 2 is 1.73 bits per heavy atom. The number of sulfone groups is 1. The molecule has 26 heavy (non-hydrogen) atoms. The summed E-state index contributed by atoms with van der Waals surface area (Å²) in [6.07, 6.45) is -4.68. The van der Waals surface area contributed by atoms with Crippen molar-refractivity contribution in [2.45, 2.75) is 30.2 Å². The van der Waals surface area contributed by atoms with E-state index in [2.05, 4.69) is 5.32 Å². The highest BCUT2D eigenvalue weighted by atomic mass is 35.5. The van der Waals surface area contributed by atoms with Gasteiger partial charge in [-0.25, -0.2) is 8.42 Å². The minimum atomic E-state index is -4.68. The number of nitrogens with one attached hydrogen (secondary N) is 1. The molecule has 4 nitrogen and oxygen atoms in total. The number of carbonyl (C=O) groups is 1. The first kappa shape index (κ1) is 20.3. The highest BCUT2D eigenvalue weighted by Crippen LogP contribution is 2.36. The summed E-state index contributed by atoms with van der Waals surface area (Å²) in [6, 6.07) is 8.43. The number of carbonyl (C=O) groups excluding carboxylic acids is 1. The zero-order valence-electron chi connectivity index (χ0n) is 13.8. The normalized spacial score (nSPS) is 12.3. The van der Waals surface area contributed by atoms with Gasteiger partial charge in [0.1, 0.15) is 0 Å². The highest BCUT2D eigenvalue weighted by Gasteiger charge is 2.33. The van der Waals surface area contributed by atoms with Crippen molar-refractivity contribution in [3.63, 3.8) is 0 Å². The number of benzene rings is 2. The van der Waals surface area contributed by atoms with Crippen LogP contribution in [0.4, 0.5) is 18.9 Å². The van der Waals surface area contributed by atoms with E-state index in [4.69, 9.17) is 11.6 Å². The van der Waals surface area contributed by atoms with E-state index < -0.39 is 37.8 Å². The molecule has 0 fully saturated rings. The van der Waals surface area contributed by atoms with E-state index in [1.807, 2.05) is 0 Å². The van der Waals surface area contributed by atoms with E-state index in [9.17, 15) is 26.4 Å². The number of alkyl halides is 3. The lowest BCUT2D eigenvalue weighted by Crippen LogP contribution is -2.21. The molecular weight excluding hydrogens is 391 g/mol. The number of halogens is 4. The van der Waals surface area contributed by atoms with Crippen molar-refractivity contribution in [3.05, 3.63) is 58.6 Å². The van der Waals surface area contributed by atoms with Crippen LogP contribution in [-0.4, -0.2) is 19.6 Å². The molecule has 9 heteroatoms. The maximum absolute atomic E-state index is 12.9. The van der Waals surface area contributed by atoms with E-state index in [1.165, 1.54) is 44.2 Å². The first-order valence-corrected chi connectivity index (χ1v) is 9.38. The van der Waals surface area contributed by atoms with Gasteiger partial charge in [-0.05, 0) is 44.2 Å². The number of hydrogen-bond acceptors (Lipinski definition) is 3. The summed E-state index contributed by atoms with van der Waals surface area (Å²) in [5, 5.41) is 1.03. The zero-order chi connectivity index (χ0) is 19.7. The third kappa shape index (κ3) is 4.19. The quantitative estimate of drug-likeness (QED) is 0.795. The van der Waals surface area contributed by atoms with Gasteiger partial charge in [0.25, 0.3) is 5.91 Å². The van der Waals surface area contributed by atoms with Gasteiger partial charge in [0, 0.05) is 5.69 Å². The van der Waals surface area contributed by atoms with Crippen molar-refractivity contribution in [2.24, 2.45) is 0 Å². The minimum Gasteiger partial charge on any atom is -0.322 e. The average Bonchev–Trinajstić information content (AvgIpc) is 2.55. The van der Waals surface area contributed by atoms with E-state index in [0.717, 1.165) is 6.07 Å². The lowest BCUT2D eigenvalue weighted by molar-refractivity contribution is -0.137. The van der Waals surface area contributed by atoms with Crippen LogP contribution in [0.2, 0.25) is 5.02 Å². The predicted octanol–water partition coefficient (Wildman–Crippen LogP) is 4.79. The van der Waals surface area contributed by atoms with E-state index in [-0.39, 0.29) is 16.1 Å². The third-order valence-corrected chi connectivity index (χ3v) is 6.13. The second kappa shape index (κ2) is 7.28. The second-order valence-corrected chi connectivity index (χ2v) is 8.62. The van der Waals surface area contributed by atoms with Crippen LogP contribution in [0.5, 0.6) is 0 Å². The monoisotopic (exact) mass is 405 g/mol. The largest absolute Gasteiger partial charge is 0.417 e. The summed E-state index contributed by atoms with van der Waals surface area (Å²) in [5.41, 5.74) is -1.40. The van der Waals surface area contributed by atoms with Crippen LogP contribution in [0.1, 0.15) is 29.8 Å². The summed E-state index contributed by atoms with van der Waals surface area (Å²) >= 11 is 5.54. The molecule has 2 rings (SSSR count). The summed E-state index contributed by atoms with van der Waals surface area (Å²) in [4.78, 5) is 12.3. The van der Waals surface area contributed by atoms with Crippen LogP contribution in [0.25, 0.3) is 0 Å². The van der Waals surface area contributed by atoms with Crippen LogP contribution in [0.15, 0.2) is 47.4 Å². The van der Waals surface area contributed by atoms with Crippen molar-refractivity contribution >= 4 is 33.0 Å². The van der Waals surface area contributed by atoms with Gasteiger partial charge < -0.3 is 5.32 Å². The van der Waals surface area contributed by atoms with Gasteiger partial charge in [0.2, 0.25) is 0 Å². The molecule has 0 atom stereocenters. The van der Waals surface area contributed by atoms with Crippen molar-refractivity contribution < 1.29 is 26.4 Å². The van der Waals surface area contributed by atoms with Gasteiger partial charge in [0.15, 0.2) is 9.84 Å². The van der Waals surface area contributed by atoms with E-state index >= 15 is 0 Å². The van der Waals surface area contributed by atoms with Gasteiger partial charge in [-0.15, -0.1) is 0 Å². The number of anilines is 1. The summed E-state index contributed by atoms with van der Waals surface area (Å²) in [7, 11) is -3.74.